The Morgan fingerprint density at radius 1 is 1.20 bits per heavy atom. The van der Waals surface area contributed by atoms with E-state index in [9.17, 15) is 27.2 Å². The Morgan fingerprint density at radius 2 is 1.75 bits per heavy atom. The molecule has 0 fully saturated rings. The van der Waals surface area contributed by atoms with E-state index in [4.69, 9.17) is 5.11 Å². The number of amides is 1. The van der Waals surface area contributed by atoms with Gasteiger partial charge in [-0.2, -0.15) is 8.78 Å². The van der Waals surface area contributed by atoms with Crippen LogP contribution in [0.3, 0.4) is 0 Å². The van der Waals surface area contributed by atoms with E-state index in [1.54, 1.807) is 5.32 Å². The van der Waals surface area contributed by atoms with Crippen LogP contribution in [0.4, 0.5) is 23.2 Å². The molecule has 0 unspecified atom stereocenters. The zero-order valence-electron chi connectivity index (χ0n) is 9.82. The van der Waals surface area contributed by atoms with Crippen molar-refractivity contribution in [2.24, 2.45) is 0 Å². The molecule has 0 aliphatic rings. The number of carbonyl (C=O) groups excluding carboxylic acids is 1. The lowest BCUT2D eigenvalue weighted by Gasteiger charge is -2.14. The lowest BCUT2D eigenvalue weighted by Crippen LogP contribution is -2.40. The molecule has 0 aliphatic carbocycles. The predicted molar refractivity (Wildman–Crippen MR) is 62.7 cm³/mol. The molecule has 0 radical (unpaired) electrons. The van der Waals surface area contributed by atoms with Crippen LogP contribution in [0.2, 0.25) is 0 Å². The summed E-state index contributed by atoms with van der Waals surface area (Å²) in [5.41, 5.74) is 0.328. The van der Waals surface area contributed by atoms with Gasteiger partial charge in [-0.05, 0) is 23.8 Å². The van der Waals surface area contributed by atoms with Gasteiger partial charge in [-0.15, -0.1) is 0 Å². The second-order valence-electron chi connectivity index (χ2n) is 3.67. The first-order valence-corrected chi connectivity index (χ1v) is 5.22. The summed E-state index contributed by atoms with van der Waals surface area (Å²) in [5, 5.41) is 10.0. The third-order valence-corrected chi connectivity index (χ3v) is 2.16. The van der Waals surface area contributed by atoms with E-state index in [2.05, 4.69) is 0 Å². The number of aliphatic carboxylic acids is 1. The van der Waals surface area contributed by atoms with Crippen LogP contribution in [0.5, 0.6) is 0 Å². The van der Waals surface area contributed by atoms with Crippen LogP contribution in [0.1, 0.15) is 5.56 Å². The van der Waals surface area contributed by atoms with Gasteiger partial charge in [-0.1, -0.05) is 12.1 Å². The van der Waals surface area contributed by atoms with Crippen molar-refractivity contribution in [3.63, 3.8) is 0 Å². The molecule has 0 saturated heterocycles. The van der Waals surface area contributed by atoms with Gasteiger partial charge in [0.2, 0.25) is 0 Å². The topological polar surface area (TPSA) is 66.4 Å². The fourth-order valence-electron chi connectivity index (χ4n) is 1.16. The molecular formula is C12H9F4NO3. The first kappa shape index (κ1) is 15.7. The maximum Gasteiger partial charge on any atom is 0.383 e. The third kappa shape index (κ3) is 4.08. The first-order valence-electron chi connectivity index (χ1n) is 5.22. The second kappa shape index (κ2) is 6.18. The molecule has 20 heavy (non-hydrogen) atoms. The number of nitrogens with one attached hydrogen (secondary N) is 1. The largest absolute Gasteiger partial charge is 0.478 e. The zero-order valence-corrected chi connectivity index (χ0v) is 9.82. The van der Waals surface area contributed by atoms with Crippen molar-refractivity contribution in [2.45, 2.75) is 12.3 Å². The molecule has 1 amide bonds. The molecule has 0 heterocycles. The Labute approximate surface area is 110 Å². The number of hydrogen-bond donors (Lipinski definition) is 2. The average Bonchev–Trinajstić information content (AvgIpc) is 2.37. The Kier molecular flexibility index (Phi) is 4.84. The van der Waals surface area contributed by atoms with Crippen LogP contribution >= 0.6 is 0 Å². The maximum atomic E-state index is 12.7. The van der Waals surface area contributed by atoms with Gasteiger partial charge < -0.3 is 10.4 Å². The molecule has 8 heteroatoms. The van der Waals surface area contributed by atoms with Crippen molar-refractivity contribution in [1.82, 2.24) is 0 Å². The van der Waals surface area contributed by atoms with Crippen LogP contribution in [-0.2, 0) is 9.59 Å². The molecule has 2 N–H and O–H groups in total. The average molecular weight is 291 g/mol. The smallest absolute Gasteiger partial charge is 0.383 e. The highest BCUT2D eigenvalue weighted by atomic mass is 19.3. The van der Waals surface area contributed by atoms with E-state index in [0.717, 1.165) is 6.08 Å². The SMILES string of the molecule is O=C(O)/C=C/c1ccc(NC(=O)C(F)(F)C(F)F)cc1. The summed E-state index contributed by atoms with van der Waals surface area (Å²) in [4.78, 5) is 21.2. The maximum absolute atomic E-state index is 12.7. The predicted octanol–water partition coefficient (Wildman–Crippen LogP) is 2.62. The van der Waals surface area contributed by atoms with E-state index in [-0.39, 0.29) is 5.69 Å². The van der Waals surface area contributed by atoms with Crippen molar-refractivity contribution < 1.29 is 32.3 Å². The van der Waals surface area contributed by atoms with Crippen LogP contribution < -0.4 is 5.32 Å². The number of carboxylic acid groups (broad SMARTS) is 1. The molecule has 0 bridgehead atoms. The minimum atomic E-state index is -4.78. The molecule has 4 nitrogen and oxygen atoms in total. The van der Waals surface area contributed by atoms with Gasteiger partial charge >= 0.3 is 24.2 Å². The standard InChI is InChI=1S/C12H9F4NO3/c13-10(14)12(15,16)11(20)17-8-4-1-7(2-5-8)3-6-9(18)19/h1-6,10H,(H,17,20)(H,18,19)/b6-3+. The van der Waals surface area contributed by atoms with Gasteiger partial charge in [0.15, 0.2) is 0 Å². The summed E-state index contributed by atoms with van der Waals surface area (Å²) in [6, 6.07) is 5.02. The highest BCUT2D eigenvalue weighted by molar-refractivity contribution is 5.96. The van der Waals surface area contributed by atoms with Gasteiger partial charge in [0.05, 0.1) is 0 Å². The Bertz CT molecular complexity index is 526. The van der Waals surface area contributed by atoms with Crippen molar-refractivity contribution >= 4 is 23.6 Å². The fourth-order valence-corrected chi connectivity index (χ4v) is 1.16. The van der Waals surface area contributed by atoms with Crippen molar-refractivity contribution in [3.8, 4) is 0 Å². The molecule has 1 rings (SSSR count). The van der Waals surface area contributed by atoms with Crippen LogP contribution in [0.15, 0.2) is 30.3 Å². The van der Waals surface area contributed by atoms with E-state index in [1.807, 2.05) is 0 Å². The number of hydrogen-bond acceptors (Lipinski definition) is 2. The molecular weight excluding hydrogens is 282 g/mol. The Hall–Kier alpha value is -2.38. The number of alkyl halides is 4. The number of carbonyl (C=O) groups is 2. The molecule has 1 aromatic rings. The highest BCUT2D eigenvalue weighted by Crippen LogP contribution is 2.24. The zero-order chi connectivity index (χ0) is 15.3. The van der Waals surface area contributed by atoms with E-state index in [0.29, 0.717) is 5.56 Å². The monoisotopic (exact) mass is 291 g/mol. The van der Waals surface area contributed by atoms with Gasteiger partial charge in [0.25, 0.3) is 0 Å². The normalized spacial score (nSPS) is 11.8. The highest BCUT2D eigenvalue weighted by Gasteiger charge is 2.48. The quantitative estimate of drug-likeness (QED) is 0.647. The number of anilines is 1. The Morgan fingerprint density at radius 3 is 2.20 bits per heavy atom. The number of benzene rings is 1. The van der Waals surface area contributed by atoms with E-state index >= 15 is 0 Å². The lowest BCUT2D eigenvalue weighted by atomic mass is 10.2. The number of carboxylic acids is 1. The summed E-state index contributed by atoms with van der Waals surface area (Å²) < 4.78 is 49.2. The summed E-state index contributed by atoms with van der Waals surface area (Å²) in [6.07, 6.45) is -2.00. The van der Waals surface area contributed by atoms with Gasteiger partial charge in [-0.3, -0.25) is 4.79 Å². The fraction of sp³-hybridized carbons (Fsp3) is 0.167. The number of rotatable bonds is 5. The summed E-state index contributed by atoms with van der Waals surface area (Å²) in [7, 11) is 0. The van der Waals surface area contributed by atoms with Gasteiger partial charge in [0.1, 0.15) is 0 Å². The molecule has 0 aromatic heterocycles. The van der Waals surface area contributed by atoms with E-state index < -0.39 is 24.2 Å². The summed E-state index contributed by atoms with van der Waals surface area (Å²) in [5.74, 6) is -8.05. The van der Waals surface area contributed by atoms with Crippen molar-refractivity contribution in [1.29, 1.82) is 0 Å². The molecule has 1 aromatic carbocycles. The minimum absolute atomic E-state index is 0.109. The first-order chi connectivity index (χ1) is 9.23. The lowest BCUT2D eigenvalue weighted by molar-refractivity contribution is -0.163. The van der Waals surface area contributed by atoms with Crippen LogP contribution in [0, 0.1) is 0 Å². The van der Waals surface area contributed by atoms with Crippen molar-refractivity contribution in [3.05, 3.63) is 35.9 Å². The van der Waals surface area contributed by atoms with E-state index in [1.165, 1.54) is 30.3 Å². The van der Waals surface area contributed by atoms with Crippen LogP contribution in [0.25, 0.3) is 6.08 Å². The minimum Gasteiger partial charge on any atom is -0.478 e. The van der Waals surface area contributed by atoms with Crippen LogP contribution in [-0.4, -0.2) is 29.3 Å². The molecule has 0 aliphatic heterocycles. The Balaban J connectivity index is 2.76. The summed E-state index contributed by atoms with van der Waals surface area (Å²) in [6.45, 7) is 0. The van der Waals surface area contributed by atoms with Crippen molar-refractivity contribution in [2.75, 3.05) is 5.32 Å². The van der Waals surface area contributed by atoms with Gasteiger partial charge in [-0.25, -0.2) is 13.6 Å². The molecule has 0 atom stereocenters. The molecule has 0 saturated carbocycles. The second-order valence-corrected chi connectivity index (χ2v) is 3.67. The number of halogens is 4. The van der Waals surface area contributed by atoms with Gasteiger partial charge in [0, 0.05) is 11.8 Å². The molecule has 108 valence electrons. The third-order valence-electron chi connectivity index (χ3n) is 2.16. The molecule has 0 spiro atoms. The summed E-state index contributed by atoms with van der Waals surface area (Å²) >= 11 is 0.